The van der Waals surface area contributed by atoms with Gasteiger partial charge in [0.15, 0.2) is 0 Å². The van der Waals surface area contributed by atoms with Gasteiger partial charge in [-0.15, -0.1) is 0 Å². The fraction of sp³-hybridized carbons (Fsp3) is 0.214. The van der Waals surface area contributed by atoms with Gasteiger partial charge < -0.3 is 5.11 Å². The first-order valence-corrected chi connectivity index (χ1v) is 5.44. The van der Waals surface area contributed by atoms with Gasteiger partial charge in [0.05, 0.1) is 6.20 Å². The highest BCUT2D eigenvalue weighted by Crippen LogP contribution is 2.26. The number of aromatic nitrogens is 1. The lowest BCUT2D eigenvalue weighted by atomic mass is 9.96. The van der Waals surface area contributed by atoms with E-state index in [1.165, 1.54) is 12.3 Å². The van der Waals surface area contributed by atoms with Gasteiger partial charge in [-0.1, -0.05) is 23.8 Å². The Bertz CT molecular complexity index is 539. The van der Waals surface area contributed by atoms with Gasteiger partial charge in [-0.25, -0.2) is 4.39 Å². The van der Waals surface area contributed by atoms with Crippen LogP contribution in [0.15, 0.2) is 36.7 Å². The summed E-state index contributed by atoms with van der Waals surface area (Å²) in [6.07, 6.45) is 1.65. The standard InChI is InChI=1S/C14H14FNO/c1-9-3-4-10(2)12(7-9)14(17)11-5-6-16-8-13(11)15/h3-8,14,17H,1-2H3. The number of pyridine rings is 1. The lowest BCUT2D eigenvalue weighted by molar-refractivity contribution is 0.214. The topological polar surface area (TPSA) is 33.1 Å². The van der Waals surface area contributed by atoms with Crippen LogP contribution in [0.5, 0.6) is 0 Å². The zero-order valence-electron chi connectivity index (χ0n) is 9.81. The van der Waals surface area contributed by atoms with E-state index in [1.54, 1.807) is 0 Å². The summed E-state index contributed by atoms with van der Waals surface area (Å²) in [6, 6.07) is 7.27. The molecule has 17 heavy (non-hydrogen) atoms. The molecule has 0 aliphatic heterocycles. The van der Waals surface area contributed by atoms with Crippen LogP contribution in [0.3, 0.4) is 0 Å². The number of rotatable bonds is 2. The van der Waals surface area contributed by atoms with Crippen molar-refractivity contribution in [3.63, 3.8) is 0 Å². The highest BCUT2D eigenvalue weighted by Gasteiger charge is 2.16. The number of hydrogen-bond acceptors (Lipinski definition) is 2. The molecule has 1 unspecified atom stereocenters. The van der Waals surface area contributed by atoms with Crippen molar-refractivity contribution in [1.29, 1.82) is 0 Å². The molecular weight excluding hydrogens is 217 g/mol. The molecular formula is C14H14FNO. The number of nitrogens with zero attached hydrogens (tertiary/aromatic N) is 1. The molecule has 2 nitrogen and oxygen atoms in total. The van der Waals surface area contributed by atoms with Crippen molar-refractivity contribution >= 4 is 0 Å². The van der Waals surface area contributed by atoms with E-state index < -0.39 is 11.9 Å². The minimum Gasteiger partial charge on any atom is -0.384 e. The second kappa shape index (κ2) is 4.63. The van der Waals surface area contributed by atoms with Gasteiger partial charge in [0.2, 0.25) is 0 Å². The molecule has 0 bridgehead atoms. The van der Waals surface area contributed by atoms with Crippen molar-refractivity contribution in [2.45, 2.75) is 20.0 Å². The van der Waals surface area contributed by atoms with Crippen LogP contribution in [-0.4, -0.2) is 10.1 Å². The molecule has 0 aliphatic carbocycles. The molecule has 1 atom stereocenters. The van der Waals surface area contributed by atoms with Gasteiger partial charge in [-0.3, -0.25) is 4.98 Å². The van der Waals surface area contributed by atoms with Crippen LogP contribution >= 0.6 is 0 Å². The van der Waals surface area contributed by atoms with E-state index in [1.807, 2.05) is 32.0 Å². The molecule has 0 amide bonds. The Morgan fingerprint density at radius 3 is 2.65 bits per heavy atom. The van der Waals surface area contributed by atoms with Crippen LogP contribution in [-0.2, 0) is 0 Å². The molecule has 3 heteroatoms. The molecule has 0 spiro atoms. The normalized spacial score (nSPS) is 12.5. The SMILES string of the molecule is Cc1ccc(C)c(C(O)c2ccncc2F)c1. The number of aryl methyl sites for hydroxylation is 2. The van der Waals surface area contributed by atoms with Crippen molar-refractivity contribution in [3.8, 4) is 0 Å². The lowest BCUT2D eigenvalue weighted by Gasteiger charge is -2.15. The maximum atomic E-state index is 13.5. The summed E-state index contributed by atoms with van der Waals surface area (Å²) in [5.74, 6) is -0.485. The first kappa shape index (κ1) is 11.7. The Kier molecular flexibility index (Phi) is 3.20. The number of aliphatic hydroxyl groups excluding tert-OH is 1. The minimum absolute atomic E-state index is 0.258. The maximum absolute atomic E-state index is 13.5. The third kappa shape index (κ3) is 2.34. The fourth-order valence-corrected chi connectivity index (χ4v) is 1.83. The monoisotopic (exact) mass is 231 g/mol. The van der Waals surface area contributed by atoms with E-state index in [2.05, 4.69) is 4.98 Å². The van der Waals surface area contributed by atoms with E-state index in [9.17, 15) is 9.50 Å². The number of halogens is 1. The highest BCUT2D eigenvalue weighted by atomic mass is 19.1. The van der Waals surface area contributed by atoms with E-state index in [0.29, 0.717) is 0 Å². The third-order valence-electron chi connectivity index (χ3n) is 2.83. The van der Waals surface area contributed by atoms with Crippen LogP contribution in [0.1, 0.15) is 28.4 Å². The first-order valence-electron chi connectivity index (χ1n) is 5.44. The van der Waals surface area contributed by atoms with Gasteiger partial charge >= 0.3 is 0 Å². The van der Waals surface area contributed by atoms with E-state index in [-0.39, 0.29) is 5.56 Å². The van der Waals surface area contributed by atoms with Crippen molar-refractivity contribution in [1.82, 2.24) is 4.98 Å². The Balaban J connectivity index is 2.47. The van der Waals surface area contributed by atoms with Crippen molar-refractivity contribution in [2.24, 2.45) is 0 Å². The minimum atomic E-state index is -0.946. The summed E-state index contributed by atoms with van der Waals surface area (Å²) < 4.78 is 13.5. The first-order chi connectivity index (χ1) is 8.09. The largest absolute Gasteiger partial charge is 0.384 e. The second-order valence-electron chi connectivity index (χ2n) is 4.16. The predicted octanol–water partition coefficient (Wildman–Crippen LogP) is 2.92. The average Bonchev–Trinajstić information content (AvgIpc) is 2.32. The van der Waals surface area contributed by atoms with Crippen molar-refractivity contribution in [2.75, 3.05) is 0 Å². The molecule has 0 fully saturated rings. The number of aliphatic hydroxyl groups is 1. The van der Waals surface area contributed by atoms with Crippen molar-refractivity contribution < 1.29 is 9.50 Å². The summed E-state index contributed by atoms with van der Waals surface area (Å²) in [6.45, 7) is 3.84. The Labute approximate surface area is 99.8 Å². The molecule has 1 aromatic heterocycles. The van der Waals surface area contributed by atoms with Crippen LogP contribution in [0.4, 0.5) is 4.39 Å². The summed E-state index contributed by atoms with van der Waals surface area (Å²) in [7, 11) is 0. The molecule has 0 saturated heterocycles. The van der Waals surface area contributed by atoms with E-state index in [4.69, 9.17) is 0 Å². The van der Waals surface area contributed by atoms with Gasteiger partial charge in [0.25, 0.3) is 0 Å². The molecule has 1 heterocycles. The zero-order valence-corrected chi connectivity index (χ0v) is 9.81. The molecule has 2 aromatic rings. The highest BCUT2D eigenvalue weighted by molar-refractivity contribution is 5.37. The molecule has 0 saturated carbocycles. The van der Waals surface area contributed by atoms with Crippen LogP contribution in [0.2, 0.25) is 0 Å². The number of benzene rings is 1. The van der Waals surface area contributed by atoms with Crippen molar-refractivity contribution in [3.05, 3.63) is 64.7 Å². The molecule has 0 radical (unpaired) electrons. The second-order valence-corrected chi connectivity index (χ2v) is 4.16. The quantitative estimate of drug-likeness (QED) is 0.862. The fourth-order valence-electron chi connectivity index (χ4n) is 1.83. The molecule has 1 aromatic carbocycles. The van der Waals surface area contributed by atoms with Gasteiger partial charge in [0.1, 0.15) is 11.9 Å². The maximum Gasteiger partial charge on any atom is 0.147 e. The number of hydrogen-bond donors (Lipinski definition) is 1. The van der Waals surface area contributed by atoms with Crippen LogP contribution in [0, 0.1) is 19.7 Å². The smallest absolute Gasteiger partial charge is 0.147 e. The Morgan fingerprint density at radius 2 is 1.94 bits per heavy atom. The third-order valence-corrected chi connectivity index (χ3v) is 2.83. The zero-order chi connectivity index (χ0) is 12.4. The summed E-state index contributed by atoms with van der Waals surface area (Å²) in [5.41, 5.74) is 2.97. The van der Waals surface area contributed by atoms with Gasteiger partial charge in [-0.05, 0) is 31.0 Å². The molecule has 2 rings (SSSR count). The molecule has 0 aliphatic rings. The summed E-state index contributed by atoms with van der Waals surface area (Å²) in [5, 5.41) is 10.2. The Morgan fingerprint density at radius 1 is 1.18 bits per heavy atom. The van der Waals surface area contributed by atoms with E-state index >= 15 is 0 Å². The summed E-state index contributed by atoms with van der Waals surface area (Å²) in [4.78, 5) is 3.67. The molecule has 1 N–H and O–H groups in total. The van der Waals surface area contributed by atoms with E-state index in [0.717, 1.165) is 22.9 Å². The summed E-state index contributed by atoms with van der Waals surface area (Å²) >= 11 is 0. The van der Waals surface area contributed by atoms with Gasteiger partial charge in [0, 0.05) is 11.8 Å². The molecule has 88 valence electrons. The Hall–Kier alpha value is -1.74. The van der Waals surface area contributed by atoms with Crippen LogP contribution in [0.25, 0.3) is 0 Å². The van der Waals surface area contributed by atoms with Crippen LogP contribution < -0.4 is 0 Å². The average molecular weight is 231 g/mol. The predicted molar refractivity (Wildman–Crippen MR) is 64.2 cm³/mol. The lowest BCUT2D eigenvalue weighted by Crippen LogP contribution is -2.05. The van der Waals surface area contributed by atoms with Gasteiger partial charge in [-0.2, -0.15) is 0 Å².